The molecule has 2 heterocycles. The minimum absolute atomic E-state index is 0.391. The van der Waals surface area contributed by atoms with Crippen LogP contribution in [0.25, 0.3) is 0 Å². The summed E-state index contributed by atoms with van der Waals surface area (Å²) in [5, 5.41) is 5.51. The van der Waals surface area contributed by atoms with Gasteiger partial charge in [0.15, 0.2) is 0 Å². The van der Waals surface area contributed by atoms with Crippen molar-refractivity contribution in [3.8, 4) is 0 Å². The topological polar surface area (TPSA) is 87.2 Å². The standard InChI is InChI=1S/C20H29N5O2/c26-19(23-9-6-16-4-2-1-3-5-16)20(27)24-14-17-7-12-25(13-8-17)18-15-21-10-11-22-18/h4,10-11,15,17H,1-3,5-9,12-14H2,(H,23,26)(H,24,27). The molecule has 2 aliphatic rings. The normalized spacial score (nSPS) is 17.9. The first-order valence-electron chi connectivity index (χ1n) is 9.97. The van der Waals surface area contributed by atoms with Gasteiger partial charge in [-0.05, 0) is 50.9 Å². The van der Waals surface area contributed by atoms with Crippen molar-refractivity contribution in [2.24, 2.45) is 5.92 Å². The van der Waals surface area contributed by atoms with Gasteiger partial charge in [-0.25, -0.2) is 4.98 Å². The van der Waals surface area contributed by atoms with Gasteiger partial charge in [0.1, 0.15) is 5.82 Å². The average Bonchev–Trinajstić information content (AvgIpc) is 2.73. The van der Waals surface area contributed by atoms with E-state index in [9.17, 15) is 9.59 Å². The number of hydrogen-bond donors (Lipinski definition) is 2. The van der Waals surface area contributed by atoms with E-state index in [-0.39, 0.29) is 0 Å². The number of nitrogens with zero attached hydrogens (tertiary/aromatic N) is 3. The Hall–Kier alpha value is -2.44. The second-order valence-corrected chi connectivity index (χ2v) is 7.32. The van der Waals surface area contributed by atoms with E-state index >= 15 is 0 Å². The van der Waals surface area contributed by atoms with Crippen LogP contribution in [0.3, 0.4) is 0 Å². The Kier molecular flexibility index (Phi) is 7.19. The largest absolute Gasteiger partial charge is 0.355 e. The lowest BCUT2D eigenvalue weighted by Crippen LogP contribution is -2.44. The molecule has 0 aromatic carbocycles. The maximum absolute atomic E-state index is 12.0. The fraction of sp³-hybridized carbons (Fsp3) is 0.600. The minimum Gasteiger partial charge on any atom is -0.355 e. The number of carbonyl (C=O) groups is 2. The second kappa shape index (κ2) is 10.0. The molecule has 0 radical (unpaired) electrons. The molecule has 0 saturated carbocycles. The number of aromatic nitrogens is 2. The van der Waals surface area contributed by atoms with Crippen LogP contribution in [0.15, 0.2) is 30.2 Å². The summed E-state index contributed by atoms with van der Waals surface area (Å²) in [6.45, 7) is 2.86. The van der Waals surface area contributed by atoms with E-state index in [1.165, 1.54) is 18.4 Å². The number of rotatable bonds is 6. The number of amides is 2. The molecule has 0 atom stereocenters. The van der Waals surface area contributed by atoms with Crippen LogP contribution in [0, 0.1) is 5.92 Å². The smallest absolute Gasteiger partial charge is 0.309 e. The van der Waals surface area contributed by atoms with Gasteiger partial charge < -0.3 is 15.5 Å². The third-order valence-corrected chi connectivity index (χ3v) is 5.36. The summed E-state index contributed by atoms with van der Waals surface area (Å²) in [4.78, 5) is 34.5. The van der Waals surface area contributed by atoms with Gasteiger partial charge in [-0.1, -0.05) is 11.6 Å². The monoisotopic (exact) mass is 371 g/mol. The van der Waals surface area contributed by atoms with Crippen molar-refractivity contribution in [2.45, 2.75) is 44.9 Å². The van der Waals surface area contributed by atoms with Crippen molar-refractivity contribution < 1.29 is 9.59 Å². The molecule has 1 aromatic heterocycles. The Bertz CT molecular complexity index is 654. The minimum atomic E-state index is -0.525. The molecule has 7 nitrogen and oxygen atoms in total. The molecule has 1 aliphatic heterocycles. The van der Waals surface area contributed by atoms with Crippen LogP contribution in [-0.4, -0.2) is 48.0 Å². The van der Waals surface area contributed by atoms with E-state index in [0.717, 1.165) is 51.0 Å². The summed E-state index contributed by atoms with van der Waals surface area (Å²) < 4.78 is 0. The van der Waals surface area contributed by atoms with Gasteiger partial charge in [-0.15, -0.1) is 0 Å². The van der Waals surface area contributed by atoms with Crippen molar-refractivity contribution in [3.63, 3.8) is 0 Å². The highest BCUT2D eigenvalue weighted by molar-refractivity contribution is 6.35. The second-order valence-electron chi connectivity index (χ2n) is 7.32. The number of carbonyl (C=O) groups excluding carboxylic acids is 2. The van der Waals surface area contributed by atoms with Crippen LogP contribution < -0.4 is 15.5 Å². The highest BCUT2D eigenvalue weighted by Crippen LogP contribution is 2.21. The molecule has 0 unspecified atom stereocenters. The van der Waals surface area contributed by atoms with Crippen LogP contribution in [-0.2, 0) is 9.59 Å². The highest BCUT2D eigenvalue weighted by Gasteiger charge is 2.22. The molecule has 0 spiro atoms. The molecule has 146 valence electrons. The Morgan fingerprint density at radius 1 is 1.11 bits per heavy atom. The lowest BCUT2D eigenvalue weighted by molar-refractivity contribution is -0.139. The van der Waals surface area contributed by atoms with Crippen molar-refractivity contribution in [1.82, 2.24) is 20.6 Å². The van der Waals surface area contributed by atoms with E-state index in [4.69, 9.17) is 0 Å². The molecule has 27 heavy (non-hydrogen) atoms. The fourth-order valence-corrected chi connectivity index (χ4v) is 3.69. The molecule has 3 rings (SSSR count). The van der Waals surface area contributed by atoms with Crippen molar-refractivity contribution in [3.05, 3.63) is 30.2 Å². The fourth-order valence-electron chi connectivity index (χ4n) is 3.69. The molecule has 7 heteroatoms. The van der Waals surface area contributed by atoms with E-state index in [0.29, 0.717) is 19.0 Å². The van der Waals surface area contributed by atoms with Gasteiger partial charge in [-0.2, -0.15) is 0 Å². The first-order chi connectivity index (χ1) is 13.2. The first kappa shape index (κ1) is 19.3. The lowest BCUT2D eigenvalue weighted by Gasteiger charge is -2.32. The van der Waals surface area contributed by atoms with Gasteiger partial charge in [0, 0.05) is 38.6 Å². The zero-order chi connectivity index (χ0) is 18.9. The zero-order valence-electron chi connectivity index (χ0n) is 15.8. The molecule has 2 N–H and O–H groups in total. The van der Waals surface area contributed by atoms with Crippen LogP contribution in [0.5, 0.6) is 0 Å². The summed E-state index contributed by atoms with van der Waals surface area (Å²) >= 11 is 0. The SMILES string of the molecule is O=C(NCCC1=CCCCC1)C(=O)NCC1CCN(c2cnccn2)CC1. The third kappa shape index (κ3) is 6.05. The molecular formula is C20H29N5O2. The van der Waals surface area contributed by atoms with Crippen molar-refractivity contribution >= 4 is 17.6 Å². The van der Waals surface area contributed by atoms with Gasteiger partial charge >= 0.3 is 11.8 Å². The van der Waals surface area contributed by atoms with Gasteiger partial charge in [0.25, 0.3) is 0 Å². The summed E-state index contributed by atoms with van der Waals surface area (Å²) in [5.41, 5.74) is 1.40. The predicted octanol–water partition coefficient (Wildman–Crippen LogP) is 1.82. The van der Waals surface area contributed by atoms with Crippen LogP contribution in [0.1, 0.15) is 44.9 Å². The maximum Gasteiger partial charge on any atom is 0.309 e. The summed E-state index contributed by atoms with van der Waals surface area (Å²) in [7, 11) is 0. The number of hydrogen-bond acceptors (Lipinski definition) is 5. The molecule has 2 amide bonds. The zero-order valence-corrected chi connectivity index (χ0v) is 15.8. The Morgan fingerprint density at radius 3 is 2.63 bits per heavy atom. The average molecular weight is 371 g/mol. The Balaban J connectivity index is 1.31. The summed E-state index contributed by atoms with van der Waals surface area (Å²) in [5.74, 6) is 0.238. The van der Waals surface area contributed by atoms with E-state index in [1.807, 2.05) is 0 Å². The van der Waals surface area contributed by atoms with Crippen molar-refractivity contribution in [1.29, 1.82) is 0 Å². The number of nitrogens with one attached hydrogen (secondary N) is 2. The Labute approximate surface area is 160 Å². The molecule has 1 fully saturated rings. The highest BCUT2D eigenvalue weighted by atomic mass is 16.2. The predicted molar refractivity (Wildman–Crippen MR) is 104 cm³/mol. The molecule has 1 saturated heterocycles. The van der Waals surface area contributed by atoms with E-state index in [2.05, 4.69) is 31.6 Å². The molecule has 0 bridgehead atoms. The lowest BCUT2D eigenvalue weighted by atomic mass is 9.97. The van der Waals surface area contributed by atoms with E-state index in [1.54, 1.807) is 18.6 Å². The number of piperidine rings is 1. The molecule has 1 aromatic rings. The maximum atomic E-state index is 12.0. The van der Waals surface area contributed by atoms with Gasteiger partial charge in [0.2, 0.25) is 0 Å². The van der Waals surface area contributed by atoms with Crippen molar-refractivity contribution in [2.75, 3.05) is 31.1 Å². The Morgan fingerprint density at radius 2 is 1.93 bits per heavy atom. The van der Waals surface area contributed by atoms with Crippen LogP contribution >= 0.6 is 0 Å². The first-order valence-corrected chi connectivity index (χ1v) is 9.97. The van der Waals surface area contributed by atoms with E-state index < -0.39 is 11.8 Å². The summed E-state index contributed by atoms with van der Waals surface area (Å²) in [6, 6.07) is 0. The summed E-state index contributed by atoms with van der Waals surface area (Å²) in [6.07, 6.45) is 14.9. The van der Waals surface area contributed by atoms with Crippen LogP contribution in [0.4, 0.5) is 5.82 Å². The molecule has 1 aliphatic carbocycles. The van der Waals surface area contributed by atoms with Gasteiger partial charge in [-0.3, -0.25) is 14.6 Å². The third-order valence-electron chi connectivity index (χ3n) is 5.36. The van der Waals surface area contributed by atoms with Gasteiger partial charge in [0.05, 0.1) is 6.20 Å². The quantitative estimate of drug-likeness (QED) is 0.588. The number of anilines is 1. The van der Waals surface area contributed by atoms with Crippen LogP contribution in [0.2, 0.25) is 0 Å². The number of allylic oxidation sites excluding steroid dienone is 1. The molecular weight excluding hydrogens is 342 g/mol.